The van der Waals surface area contributed by atoms with Gasteiger partial charge in [-0.25, -0.2) is 0 Å². The Balaban J connectivity index is -0.0000000469. The first kappa shape index (κ1) is 56.7. The third kappa shape index (κ3) is 76.5. The molecule has 38 heavy (non-hydrogen) atoms. The average Bonchev–Trinajstić information content (AvgIpc) is 2.69. The van der Waals surface area contributed by atoms with E-state index in [1.165, 1.54) is 0 Å². The molecule has 6 N–H and O–H groups in total. The second kappa shape index (κ2) is 35.6. The zero-order chi connectivity index (χ0) is 30.9. The molecule has 18 nitrogen and oxygen atoms in total. The van der Waals surface area contributed by atoms with Crippen LogP contribution < -0.4 is 30.6 Å². The Morgan fingerprint density at radius 1 is 0.368 bits per heavy atom. The normalized spacial score (nSPS) is 12.9. The number of carboxylic acids is 6. The van der Waals surface area contributed by atoms with Crippen molar-refractivity contribution in [2.24, 2.45) is 0 Å². The minimum absolute atomic E-state index is 0. The molecule has 0 aromatic heterocycles. The van der Waals surface area contributed by atoms with Crippen LogP contribution in [-0.4, -0.2) is 141 Å². The molecule has 0 amide bonds. The smallest absolute Gasteiger partial charge is 0.547 e. The van der Waals surface area contributed by atoms with E-state index in [0.717, 1.165) is 41.5 Å². The quantitative estimate of drug-likeness (QED) is 0.150. The first-order valence-corrected chi connectivity index (χ1v) is 9.19. The van der Waals surface area contributed by atoms with Gasteiger partial charge in [-0.3, -0.25) is 0 Å². The van der Waals surface area contributed by atoms with Gasteiger partial charge < -0.3 is 90.0 Å². The number of aliphatic carboxylic acids is 6. The van der Waals surface area contributed by atoms with Gasteiger partial charge in [-0.05, 0) is 41.5 Å². The SMILES string of the molecule is CC(O)C(=O)[O-].CC(O)C(=O)[O-].CC(O)C(=O)[O-].CC(O)C(=O)[O-].CC(O)C(=O)[O-].CC(O)C(=O)[O-].[Ca+2].[Ti+4]. The average molecular weight is 622 g/mol. The van der Waals surface area contributed by atoms with E-state index in [-0.39, 0.29) is 59.5 Å². The largest absolute Gasteiger partial charge is 4.00 e. The number of carbonyl (C=O) groups is 6. The molecule has 0 heterocycles. The molecule has 0 radical (unpaired) electrons. The third-order valence-electron chi connectivity index (χ3n) is 2.05. The number of hydrogen-bond donors (Lipinski definition) is 6. The van der Waals surface area contributed by atoms with Gasteiger partial charge in [0, 0.05) is 0 Å². The van der Waals surface area contributed by atoms with E-state index in [9.17, 15) is 59.4 Å². The van der Waals surface area contributed by atoms with Crippen molar-refractivity contribution >= 4 is 73.6 Å². The van der Waals surface area contributed by atoms with E-state index in [4.69, 9.17) is 30.6 Å². The van der Waals surface area contributed by atoms with E-state index in [1.54, 1.807) is 0 Å². The van der Waals surface area contributed by atoms with Gasteiger partial charge >= 0.3 is 59.5 Å². The topological polar surface area (TPSA) is 362 Å². The second-order valence-corrected chi connectivity index (χ2v) is 5.97. The summed E-state index contributed by atoms with van der Waals surface area (Å²) in [5.41, 5.74) is 0. The molecule has 0 fully saturated rings. The predicted octanol–water partition coefficient (Wildman–Crippen LogP) is -11.7. The Morgan fingerprint density at radius 3 is 0.395 bits per heavy atom. The van der Waals surface area contributed by atoms with E-state index >= 15 is 0 Å². The van der Waals surface area contributed by atoms with Crippen LogP contribution in [0.4, 0.5) is 0 Å². The number of aliphatic hydroxyl groups is 6. The van der Waals surface area contributed by atoms with Crippen LogP contribution in [0.25, 0.3) is 0 Å². The van der Waals surface area contributed by atoms with Crippen LogP contribution in [0.5, 0.6) is 0 Å². The molecule has 0 spiro atoms. The van der Waals surface area contributed by atoms with Crippen molar-refractivity contribution in [3.63, 3.8) is 0 Å². The Hall–Kier alpha value is -1.45. The van der Waals surface area contributed by atoms with Crippen molar-refractivity contribution in [2.45, 2.75) is 78.2 Å². The third-order valence-corrected chi connectivity index (χ3v) is 2.05. The van der Waals surface area contributed by atoms with Gasteiger partial charge in [0.05, 0.1) is 72.4 Å². The molecule has 0 aromatic rings. The predicted molar refractivity (Wildman–Crippen MR) is 106 cm³/mol. The molecule has 6 atom stereocenters. The van der Waals surface area contributed by atoms with Crippen LogP contribution in [0.3, 0.4) is 0 Å². The summed E-state index contributed by atoms with van der Waals surface area (Å²) in [5, 5.41) is 104. The van der Waals surface area contributed by atoms with Crippen molar-refractivity contribution in [2.75, 3.05) is 0 Å². The minimum Gasteiger partial charge on any atom is -0.547 e. The Bertz CT molecular complexity index is 495. The summed E-state index contributed by atoms with van der Waals surface area (Å²) in [6.07, 6.45) is -8.06. The molecule has 0 saturated heterocycles. The van der Waals surface area contributed by atoms with Gasteiger partial charge in [-0.1, -0.05) is 0 Å². The molecule has 0 aliphatic heterocycles. The van der Waals surface area contributed by atoms with Crippen molar-refractivity contribution in [1.82, 2.24) is 0 Å². The molecule has 0 aromatic carbocycles. The summed E-state index contributed by atoms with van der Waals surface area (Å²) in [6.45, 7) is 6.81. The summed E-state index contributed by atoms with van der Waals surface area (Å²) in [6, 6.07) is 0. The van der Waals surface area contributed by atoms with Gasteiger partial charge in [0.15, 0.2) is 0 Å². The molecular weight excluding hydrogens is 592 g/mol. The van der Waals surface area contributed by atoms with Crippen LogP contribution in [0.1, 0.15) is 41.5 Å². The van der Waals surface area contributed by atoms with Crippen LogP contribution in [0.2, 0.25) is 0 Å². The molecule has 6 unspecified atom stereocenters. The minimum atomic E-state index is -1.44. The fourth-order valence-corrected chi connectivity index (χ4v) is 0. The summed E-state index contributed by atoms with van der Waals surface area (Å²) in [4.78, 5) is 56.0. The maximum absolute atomic E-state index is 9.34. The first-order valence-electron chi connectivity index (χ1n) is 9.19. The molecule has 0 saturated carbocycles. The number of rotatable bonds is 6. The van der Waals surface area contributed by atoms with Crippen molar-refractivity contribution < 1.29 is 112 Å². The number of hydrogen-bond acceptors (Lipinski definition) is 18. The second-order valence-electron chi connectivity index (χ2n) is 5.97. The zero-order valence-electron chi connectivity index (χ0n) is 21.3. The van der Waals surface area contributed by atoms with Gasteiger partial charge in [0.25, 0.3) is 0 Å². The van der Waals surface area contributed by atoms with Gasteiger partial charge in [-0.2, -0.15) is 0 Å². The zero-order valence-corrected chi connectivity index (χ0v) is 25.0. The van der Waals surface area contributed by atoms with Crippen LogP contribution in [0, 0.1) is 0 Å². The summed E-state index contributed by atoms with van der Waals surface area (Å²) in [5.74, 6) is -8.61. The maximum Gasteiger partial charge on any atom is 4.00 e. The Kier molecular flexibility index (Phi) is 53.0. The van der Waals surface area contributed by atoms with E-state index < -0.39 is 72.4 Å². The van der Waals surface area contributed by atoms with Gasteiger partial charge in [-0.15, -0.1) is 0 Å². The van der Waals surface area contributed by atoms with Crippen molar-refractivity contribution in [3.8, 4) is 0 Å². The molecule has 0 rings (SSSR count). The van der Waals surface area contributed by atoms with Crippen LogP contribution in [-0.2, 0) is 50.5 Å². The number of carbonyl (C=O) groups excluding carboxylic acids is 6. The molecule has 0 bridgehead atoms. The summed E-state index contributed by atoms with van der Waals surface area (Å²) >= 11 is 0. The monoisotopic (exact) mass is 622 g/mol. The van der Waals surface area contributed by atoms with Crippen LogP contribution in [0.15, 0.2) is 0 Å². The number of aliphatic hydroxyl groups excluding tert-OH is 6. The molecular formula is C18H30CaO18Ti. The van der Waals surface area contributed by atoms with Gasteiger partial charge in [0.2, 0.25) is 0 Å². The van der Waals surface area contributed by atoms with Crippen molar-refractivity contribution in [3.05, 3.63) is 0 Å². The first-order chi connectivity index (χ1) is 15.9. The molecule has 20 heteroatoms. The fraction of sp³-hybridized carbons (Fsp3) is 0.667. The van der Waals surface area contributed by atoms with E-state index in [1.807, 2.05) is 0 Å². The Labute approximate surface area is 262 Å². The maximum atomic E-state index is 9.34. The molecule has 0 aliphatic carbocycles. The summed E-state index contributed by atoms with van der Waals surface area (Å²) < 4.78 is 0. The van der Waals surface area contributed by atoms with Gasteiger partial charge in [0.1, 0.15) is 0 Å². The fourth-order valence-electron chi connectivity index (χ4n) is 0. The molecule has 0 aliphatic rings. The van der Waals surface area contributed by atoms with E-state index in [0.29, 0.717) is 0 Å². The van der Waals surface area contributed by atoms with Crippen LogP contribution >= 0.6 is 0 Å². The summed E-state index contributed by atoms with van der Waals surface area (Å²) in [7, 11) is 0. The number of carboxylic acid groups (broad SMARTS) is 6. The molecule has 216 valence electrons. The standard InChI is InChI=1S/6C3H6O3.Ca.Ti/c6*1-2(4)3(5)6;;/h6*2,4H,1H3,(H,5,6);;/q;;;;;;+2;+4/p-6. The van der Waals surface area contributed by atoms with Crippen molar-refractivity contribution in [1.29, 1.82) is 0 Å². The van der Waals surface area contributed by atoms with E-state index in [2.05, 4.69) is 0 Å². The Morgan fingerprint density at radius 2 is 0.395 bits per heavy atom.